The molecular weight excluding hydrogens is 511 g/mol. The van der Waals surface area contributed by atoms with E-state index in [2.05, 4.69) is 15.4 Å². The SMILES string of the molecule is COC(=O)N1CCC2(CC1)C1=COCCCN1C(=O)C(O)=C2C(=O)NCc1ccc(F)cc1-n1ncnc1C. The Balaban J connectivity index is 1.49. The van der Waals surface area contributed by atoms with Gasteiger partial charge in [-0.25, -0.2) is 18.9 Å². The van der Waals surface area contributed by atoms with E-state index >= 15 is 0 Å². The van der Waals surface area contributed by atoms with Crippen molar-refractivity contribution in [2.75, 3.05) is 33.4 Å². The molecule has 2 aromatic rings. The molecule has 1 aromatic heterocycles. The molecule has 5 rings (SSSR count). The summed E-state index contributed by atoms with van der Waals surface area (Å²) in [6.07, 6.45) is 3.41. The van der Waals surface area contributed by atoms with Crippen molar-refractivity contribution in [3.8, 4) is 5.69 Å². The van der Waals surface area contributed by atoms with Crippen LogP contribution in [0.2, 0.25) is 0 Å². The van der Waals surface area contributed by atoms with E-state index in [4.69, 9.17) is 9.47 Å². The Morgan fingerprint density at radius 1 is 1.26 bits per heavy atom. The normalized spacial score (nSPS) is 18.7. The summed E-state index contributed by atoms with van der Waals surface area (Å²) in [5, 5.41) is 18.1. The molecule has 1 saturated heterocycles. The smallest absolute Gasteiger partial charge is 0.409 e. The average Bonchev–Trinajstić information content (AvgIpc) is 3.20. The van der Waals surface area contributed by atoms with Crippen LogP contribution in [0.1, 0.15) is 30.7 Å². The number of amides is 3. The molecule has 4 heterocycles. The second-order valence-corrected chi connectivity index (χ2v) is 9.62. The number of aromatic nitrogens is 3. The number of aliphatic hydroxyl groups is 1. The van der Waals surface area contributed by atoms with Crippen molar-refractivity contribution >= 4 is 17.9 Å². The quantitative estimate of drug-likeness (QED) is 0.601. The summed E-state index contributed by atoms with van der Waals surface area (Å²) in [7, 11) is 1.30. The lowest BCUT2D eigenvalue weighted by Gasteiger charge is -2.48. The third-order valence-electron chi connectivity index (χ3n) is 7.49. The number of hydrogen-bond acceptors (Lipinski definition) is 8. The van der Waals surface area contributed by atoms with Crippen LogP contribution in [0.3, 0.4) is 0 Å². The summed E-state index contributed by atoms with van der Waals surface area (Å²) < 4.78 is 26.1. The molecule has 0 saturated carbocycles. The van der Waals surface area contributed by atoms with Gasteiger partial charge in [0.1, 0.15) is 24.2 Å². The summed E-state index contributed by atoms with van der Waals surface area (Å²) in [4.78, 5) is 46.2. The molecule has 12 nitrogen and oxygen atoms in total. The Kier molecular flexibility index (Phi) is 6.98. The highest BCUT2D eigenvalue weighted by atomic mass is 19.1. The first kappa shape index (κ1) is 26.2. The van der Waals surface area contributed by atoms with E-state index < -0.39 is 34.9 Å². The fourth-order valence-electron chi connectivity index (χ4n) is 5.51. The first-order valence-electron chi connectivity index (χ1n) is 12.6. The highest BCUT2D eigenvalue weighted by molar-refractivity contribution is 6.07. The lowest BCUT2D eigenvalue weighted by Crippen LogP contribution is -2.54. The number of aryl methyl sites for hydroxylation is 1. The van der Waals surface area contributed by atoms with Gasteiger partial charge in [0.15, 0.2) is 5.76 Å². The summed E-state index contributed by atoms with van der Waals surface area (Å²) in [5.41, 5.74) is 0.276. The van der Waals surface area contributed by atoms with Crippen molar-refractivity contribution in [3.63, 3.8) is 0 Å². The van der Waals surface area contributed by atoms with E-state index in [0.29, 0.717) is 42.3 Å². The van der Waals surface area contributed by atoms with Crippen molar-refractivity contribution in [1.29, 1.82) is 0 Å². The van der Waals surface area contributed by atoms with E-state index in [9.17, 15) is 23.9 Å². The van der Waals surface area contributed by atoms with Crippen LogP contribution in [-0.4, -0.2) is 80.9 Å². The lowest BCUT2D eigenvalue weighted by molar-refractivity contribution is -0.132. The van der Waals surface area contributed by atoms with Crippen LogP contribution < -0.4 is 5.32 Å². The number of piperidine rings is 1. The number of rotatable bonds is 4. The summed E-state index contributed by atoms with van der Waals surface area (Å²) >= 11 is 0. The second kappa shape index (κ2) is 10.4. The van der Waals surface area contributed by atoms with Gasteiger partial charge in [0.25, 0.3) is 11.8 Å². The lowest BCUT2D eigenvalue weighted by atomic mass is 9.67. The van der Waals surface area contributed by atoms with Crippen LogP contribution in [0.15, 0.2) is 47.8 Å². The van der Waals surface area contributed by atoms with E-state index in [0.717, 1.165) is 0 Å². The minimum absolute atomic E-state index is 0.0393. The maximum atomic E-state index is 14.1. The van der Waals surface area contributed by atoms with Gasteiger partial charge in [-0.05, 0) is 43.9 Å². The number of nitrogens with one attached hydrogen (secondary N) is 1. The summed E-state index contributed by atoms with van der Waals surface area (Å²) in [5.74, 6) is -1.92. The van der Waals surface area contributed by atoms with Crippen LogP contribution in [-0.2, 0) is 25.6 Å². The molecule has 0 unspecified atom stereocenters. The van der Waals surface area contributed by atoms with E-state index in [1.54, 1.807) is 6.92 Å². The first-order chi connectivity index (χ1) is 18.8. The molecule has 0 atom stereocenters. The number of nitrogens with zero attached hydrogens (tertiary/aromatic N) is 5. The summed E-state index contributed by atoms with van der Waals surface area (Å²) in [6.45, 7) is 2.86. The van der Waals surface area contributed by atoms with Gasteiger partial charge < -0.3 is 29.7 Å². The Bertz CT molecular complexity index is 1380. The Morgan fingerprint density at radius 3 is 2.72 bits per heavy atom. The largest absolute Gasteiger partial charge is 0.503 e. The number of carbonyl (C=O) groups is 3. The molecule has 3 aliphatic rings. The average molecular weight is 541 g/mol. The van der Waals surface area contributed by atoms with E-state index in [1.165, 1.54) is 52.4 Å². The molecule has 1 fully saturated rings. The monoisotopic (exact) mass is 540 g/mol. The molecular formula is C26H29FN6O6. The van der Waals surface area contributed by atoms with Gasteiger partial charge >= 0.3 is 6.09 Å². The molecule has 3 amide bonds. The number of allylic oxidation sites excluding steroid dienone is 1. The van der Waals surface area contributed by atoms with Crippen molar-refractivity contribution in [2.24, 2.45) is 5.41 Å². The number of likely N-dealkylation sites (tertiary alicyclic amines) is 1. The molecule has 1 spiro atoms. The number of methoxy groups -OCH3 is 1. The van der Waals surface area contributed by atoms with Gasteiger partial charge in [0.05, 0.1) is 36.1 Å². The van der Waals surface area contributed by atoms with Crippen molar-refractivity contribution in [2.45, 2.75) is 32.7 Å². The molecule has 1 aromatic carbocycles. The Hall–Kier alpha value is -4.42. The third kappa shape index (κ3) is 4.57. The van der Waals surface area contributed by atoms with Gasteiger partial charge in [-0.2, -0.15) is 5.10 Å². The standard InChI is InChI=1S/C26H29FN6O6/c1-16-29-15-30-33(16)19-12-18(27)5-4-17(19)13-28-23(35)21-22(34)24(36)32-8-3-11-39-14-20(32)26(21)6-9-31(10-7-26)25(37)38-2/h4-5,12,14-15,34H,3,6-11,13H2,1-2H3,(H,28,35). The van der Waals surface area contributed by atoms with Crippen molar-refractivity contribution in [3.05, 3.63) is 65.0 Å². The van der Waals surface area contributed by atoms with Crippen LogP contribution in [0.4, 0.5) is 9.18 Å². The predicted octanol–water partition coefficient (Wildman–Crippen LogP) is 2.10. The van der Waals surface area contributed by atoms with Gasteiger partial charge in [0, 0.05) is 26.2 Å². The molecule has 13 heteroatoms. The molecule has 0 radical (unpaired) electrons. The van der Waals surface area contributed by atoms with Crippen LogP contribution in [0.25, 0.3) is 5.69 Å². The fourth-order valence-corrected chi connectivity index (χ4v) is 5.51. The maximum absolute atomic E-state index is 14.1. The number of fused-ring (bicyclic) bond motifs is 2. The minimum Gasteiger partial charge on any atom is -0.503 e. The Morgan fingerprint density at radius 2 is 2.03 bits per heavy atom. The zero-order valence-corrected chi connectivity index (χ0v) is 21.6. The number of carbonyl (C=O) groups excluding carboxylic acids is 3. The van der Waals surface area contributed by atoms with Crippen molar-refractivity contribution < 1.29 is 33.4 Å². The van der Waals surface area contributed by atoms with Gasteiger partial charge in [0.2, 0.25) is 0 Å². The first-order valence-corrected chi connectivity index (χ1v) is 12.6. The molecule has 3 aliphatic heterocycles. The topological polar surface area (TPSA) is 139 Å². The number of halogens is 1. The molecule has 0 aliphatic carbocycles. The van der Waals surface area contributed by atoms with Crippen LogP contribution >= 0.6 is 0 Å². The third-order valence-corrected chi connectivity index (χ3v) is 7.49. The molecule has 0 bridgehead atoms. The van der Waals surface area contributed by atoms with E-state index in [-0.39, 0.29) is 38.0 Å². The number of ether oxygens (including phenoxy) is 2. The number of benzene rings is 1. The molecule has 39 heavy (non-hydrogen) atoms. The highest BCUT2D eigenvalue weighted by Crippen LogP contribution is 2.51. The van der Waals surface area contributed by atoms with Gasteiger partial charge in [-0.1, -0.05) is 6.07 Å². The van der Waals surface area contributed by atoms with Crippen LogP contribution in [0, 0.1) is 18.2 Å². The minimum atomic E-state index is -1.08. The Labute approximate surface area is 223 Å². The zero-order chi connectivity index (χ0) is 27.7. The fraction of sp³-hybridized carbons (Fsp3) is 0.423. The molecule has 206 valence electrons. The zero-order valence-electron chi connectivity index (χ0n) is 21.6. The van der Waals surface area contributed by atoms with Gasteiger partial charge in [-0.3, -0.25) is 9.59 Å². The number of aliphatic hydroxyl groups excluding tert-OH is 1. The van der Waals surface area contributed by atoms with Crippen LogP contribution in [0.5, 0.6) is 0 Å². The summed E-state index contributed by atoms with van der Waals surface area (Å²) in [6, 6.07) is 4.09. The molecule has 2 N–H and O–H groups in total. The number of hydrogen-bond donors (Lipinski definition) is 2. The highest BCUT2D eigenvalue weighted by Gasteiger charge is 2.54. The van der Waals surface area contributed by atoms with Gasteiger partial charge in [-0.15, -0.1) is 0 Å². The predicted molar refractivity (Wildman–Crippen MR) is 134 cm³/mol. The van der Waals surface area contributed by atoms with Crippen molar-refractivity contribution in [1.82, 2.24) is 29.9 Å². The second-order valence-electron chi connectivity index (χ2n) is 9.62. The van der Waals surface area contributed by atoms with E-state index in [1.807, 2.05) is 0 Å². The maximum Gasteiger partial charge on any atom is 0.409 e.